The van der Waals surface area contributed by atoms with E-state index in [9.17, 15) is 14.7 Å². The van der Waals surface area contributed by atoms with E-state index in [-0.39, 0.29) is 12.3 Å². The first-order chi connectivity index (χ1) is 10.5. The van der Waals surface area contributed by atoms with E-state index in [2.05, 4.69) is 29.4 Å². The van der Waals surface area contributed by atoms with E-state index >= 15 is 0 Å². The minimum absolute atomic E-state index is 0.298. The summed E-state index contributed by atoms with van der Waals surface area (Å²) in [5.41, 5.74) is 2.14. The number of thioether (sulfide) groups is 1. The highest BCUT2D eigenvalue weighted by Crippen LogP contribution is 2.22. The molecule has 1 heterocycles. The van der Waals surface area contributed by atoms with E-state index in [1.165, 1.54) is 5.56 Å². The van der Waals surface area contributed by atoms with Crippen molar-refractivity contribution >= 4 is 35.0 Å². The standard InChI is InChI=1S/C15H17N3O3S/c1-9(2)11-5-3-10(4-6-11)8-16-18-15-17-14(21)12(22-15)7-13(19)20/h3-6,8-9,12H,7H2,1-2H3,(H,19,20)(H,17,18,21)/p-1/b16-8+. The van der Waals surface area contributed by atoms with Gasteiger partial charge in [-0.25, -0.2) is 0 Å². The van der Waals surface area contributed by atoms with Crippen LogP contribution in [0.4, 0.5) is 0 Å². The molecule has 1 N–H and O–H groups in total. The maximum atomic E-state index is 11.5. The minimum Gasteiger partial charge on any atom is -0.550 e. The van der Waals surface area contributed by atoms with Gasteiger partial charge in [-0.1, -0.05) is 49.9 Å². The lowest BCUT2D eigenvalue weighted by Gasteiger charge is -2.04. The van der Waals surface area contributed by atoms with Gasteiger partial charge in [0.05, 0.1) is 11.5 Å². The van der Waals surface area contributed by atoms with E-state index in [4.69, 9.17) is 0 Å². The third-order valence-corrected chi connectivity index (χ3v) is 4.16. The Labute approximate surface area is 132 Å². The molecule has 0 aliphatic carbocycles. The number of aliphatic carboxylic acids is 1. The van der Waals surface area contributed by atoms with Crippen LogP contribution in [0, 0.1) is 0 Å². The summed E-state index contributed by atoms with van der Waals surface area (Å²) in [6, 6.07) is 7.94. The van der Waals surface area contributed by atoms with Crippen molar-refractivity contribution < 1.29 is 14.7 Å². The average molecular weight is 318 g/mol. The number of nitrogens with one attached hydrogen (secondary N) is 1. The van der Waals surface area contributed by atoms with Gasteiger partial charge in [0.2, 0.25) is 5.91 Å². The number of hydrogen-bond donors (Lipinski definition) is 1. The molecule has 1 saturated heterocycles. The fraction of sp³-hybridized carbons (Fsp3) is 0.333. The molecular formula is C15H16N3O3S-. The molecule has 1 aliphatic heterocycles. The quantitative estimate of drug-likeness (QED) is 0.644. The molecule has 0 spiro atoms. The van der Waals surface area contributed by atoms with Crippen molar-refractivity contribution in [1.82, 2.24) is 5.32 Å². The Morgan fingerprint density at radius 3 is 2.68 bits per heavy atom. The van der Waals surface area contributed by atoms with Gasteiger partial charge in [0.15, 0.2) is 5.17 Å². The SMILES string of the molecule is CC(C)c1ccc(/C=N/N=C2\NC(=O)C(CC(=O)[O-])S2)cc1. The van der Waals surface area contributed by atoms with Gasteiger partial charge in [-0.2, -0.15) is 5.10 Å². The molecule has 1 amide bonds. The fourth-order valence-electron chi connectivity index (χ4n) is 1.85. The summed E-state index contributed by atoms with van der Waals surface area (Å²) in [4.78, 5) is 22.0. The molecule has 1 atom stereocenters. The number of hydrogen-bond acceptors (Lipinski definition) is 6. The average Bonchev–Trinajstić information content (AvgIpc) is 2.79. The van der Waals surface area contributed by atoms with Crippen molar-refractivity contribution in [1.29, 1.82) is 0 Å². The molecule has 116 valence electrons. The van der Waals surface area contributed by atoms with Crippen molar-refractivity contribution in [2.75, 3.05) is 0 Å². The van der Waals surface area contributed by atoms with Crippen LogP contribution in [0.5, 0.6) is 0 Å². The highest BCUT2D eigenvalue weighted by Gasteiger charge is 2.30. The van der Waals surface area contributed by atoms with Crippen LogP contribution >= 0.6 is 11.8 Å². The number of amides is 1. The fourth-order valence-corrected chi connectivity index (χ4v) is 2.76. The summed E-state index contributed by atoms with van der Waals surface area (Å²) in [6.07, 6.45) is 1.24. The largest absolute Gasteiger partial charge is 0.550 e. The topological polar surface area (TPSA) is 94.0 Å². The van der Waals surface area contributed by atoms with Crippen molar-refractivity contribution in [2.24, 2.45) is 10.2 Å². The molecule has 0 bridgehead atoms. The zero-order chi connectivity index (χ0) is 16.1. The number of carbonyl (C=O) groups is 2. The van der Waals surface area contributed by atoms with E-state index in [1.54, 1.807) is 6.21 Å². The lowest BCUT2D eigenvalue weighted by Crippen LogP contribution is -2.31. The summed E-state index contributed by atoms with van der Waals surface area (Å²) in [6.45, 7) is 4.25. The summed E-state index contributed by atoms with van der Waals surface area (Å²) >= 11 is 1.04. The molecule has 1 unspecified atom stereocenters. The Balaban J connectivity index is 1.96. The predicted octanol–water partition coefficient (Wildman–Crippen LogP) is 0.871. The van der Waals surface area contributed by atoms with Crippen molar-refractivity contribution in [2.45, 2.75) is 31.4 Å². The normalized spacial score (nSPS) is 20.0. The van der Waals surface area contributed by atoms with E-state index in [0.29, 0.717) is 11.1 Å². The van der Waals surface area contributed by atoms with Gasteiger partial charge >= 0.3 is 0 Å². The number of carboxylic acid groups (broad SMARTS) is 1. The lowest BCUT2D eigenvalue weighted by atomic mass is 10.0. The Bertz CT molecular complexity index is 623. The smallest absolute Gasteiger partial charge is 0.239 e. The van der Waals surface area contributed by atoms with Gasteiger partial charge in [0.25, 0.3) is 0 Å². The second-order valence-electron chi connectivity index (χ2n) is 5.14. The summed E-state index contributed by atoms with van der Waals surface area (Å²) in [5.74, 6) is -1.18. The molecule has 0 saturated carbocycles. The summed E-state index contributed by atoms with van der Waals surface area (Å²) in [7, 11) is 0. The zero-order valence-corrected chi connectivity index (χ0v) is 13.1. The lowest BCUT2D eigenvalue weighted by molar-refractivity contribution is -0.305. The minimum atomic E-state index is -1.26. The van der Waals surface area contributed by atoms with E-state index < -0.39 is 11.2 Å². The van der Waals surface area contributed by atoms with Crippen LogP contribution in [-0.4, -0.2) is 28.5 Å². The molecule has 1 aromatic rings. The monoisotopic (exact) mass is 318 g/mol. The zero-order valence-electron chi connectivity index (χ0n) is 12.3. The Hall–Kier alpha value is -2.15. The number of rotatable bonds is 5. The molecule has 1 aromatic carbocycles. The summed E-state index contributed by atoms with van der Waals surface area (Å²) in [5, 5.41) is 20.4. The van der Waals surface area contributed by atoms with Gasteiger partial charge < -0.3 is 15.2 Å². The Morgan fingerprint density at radius 2 is 2.09 bits per heavy atom. The van der Waals surface area contributed by atoms with Crippen LogP contribution in [0.25, 0.3) is 0 Å². The van der Waals surface area contributed by atoms with Gasteiger partial charge in [-0.3, -0.25) is 4.79 Å². The first-order valence-corrected chi connectivity index (χ1v) is 7.72. The van der Waals surface area contributed by atoms with Crippen molar-refractivity contribution in [3.05, 3.63) is 35.4 Å². The molecule has 7 heteroatoms. The van der Waals surface area contributed by atoms with Gasteiger partial charge in [0, 0.05) is 12.4 Å². The number of carboxylic acids is 1. The third kappa shape index (κ3) is 4.42. The molecule has 0 radical (unpaired) electrons. The van der Waals surface area contributed by atoms with Crippen LogP contribution in [0.1, 0.15) is 37.3 Å². The first-order valence-electron chi connectivity index (χ1n) is 6.84. The molecular weight excluding hydrogens is 302 g/mol. The van der Waals surface area contributed by atoms with Crippen LogP contribution in [0.2, 0.25) is 0 Å². The van der Waals surface area contributed by atoms with Crippen LogP contribution in [0.3, 0.4) is 0 Å². The van der Waals surface area contributed by atoms with Crippen LogP contribution in [-0.2, 0) is 9.59 Å². The molecule has 1 aliphatic rings. The highest BCUT2D eigenvalue weighted by molar-refractivity contribution is 8.15. The second-order valence-corrected chi connectivity index (χ2v) is 6.33. The number of benzene rings is 1. The van der Waals surface area contributed by atoms with Crippen molar-refractivity contribution in [3.63, 3.8) is 0 Å². The number of amidine groups is 1. The maximum absolute atomic E-state index is 11.5. The van der Waals surface area contributed by atoms with Crippen LogP contribution in [0.15, 0.2) is 34.5 Å². The molecule has 6 nitrogen and oxygen atoms in total. The third-order valence-electron chi connectivity index (χ3n) is 3.09. The molecule has 0 aromatic heterocycles. The van der Waals surface area contributed by atoms with Crippen molar-refractivity contribution in [3.8, 4) is 0 Å². The molecule has 2 rings (SSSR count). The first kappa shape index (κ1) is 16.2. The Morgan fingerprint density at radius 1 is 1.41 bits per heavy atom. The number of carbonyl (C=O) groups excluding carboxylic acids is 2. The van der Waals surface area contributed by atoms with Gasteiger partial charge in [-0.05, 0) is 17.0 Å². The van der Waals surface area contributed by atoms with Crippen LogP contribution < -0.4 is 10.4 Å². The summed E-state index contributed by atoms with van der Waals surface area (Å²) < 4.78 is 0. The number of nitrogens with zero attached hydrogens (tertiary/aromatic N) is 2. The van der Waals surface area contributed by atoms with Gasteiger partial charge in [0.1, 0.15) is 0 Å². The van der Waals surface area contributed by atoms with Gasteiger partial charge in [-0.15, -0.1) is 5.10 Å². The predicted molar refractivity (Wildman–Crippen MR) is 84.7 cm³/mol. The Kier molecular flexibility index (Phi) is 5.32. The highest BCUT2D eigenvalue weighted by atomic mass is 32.2. The molecule has 1 fully saturated rings. The maximum Gasteiger partial charge on any atom is 0.239 e. The molecule has 22 heavy (non-hydrogen) atoms. The van der Waals surface area contributed by atoms with E-state index in [1.807, 2.05) is 24.3 Å². The van der Waals surface area contributed by atoms with E-state index in [0.717, 1.165) is 17.3 Å². The second kappa shape index (κ2) is 7.22.